The molecular formula is C19H15ClN2O2. The van der Waals surface area contributed by atoms with E-state index in [1.54, 1.807) is 12.1 Å². The summed E-state index contributed by atoms with van der Waals surface area (Å²) in [4.78, 5) is 11.9. The molecule has 0 spiro atoms. The van der Waals surface area contributed by atoms with E-state index in [1.807, 2.05) is 54.6 Å². The molecule has 0 atom stereocenters. The lowest BCUT2D eigenvalue weighted by atomic mass is 10.1. The molecule has 0 fully saturated rings. The highest BCUT2D eigenvalue weighted by molar-refractivity contribution is 6.32. The summed E-state index contributed by atoms with van der Waals surface area (Å²) < 4.78 is 5.29. The van der Waals surface area contributed by atoms with Gasteiger partial charge in [-0.3, -0.25) is 4.79 Å². The van der Waals surface area contributed by atoms with Crippen molar-refractivity contribution in [2.75, 3.05) is 0 Å². The molecular weight excluding hydrogens is 324 g/mol. The van der Waals surface area contributed by atoms with Crippen LogP contribution in [0.1, 0.15) is 11.3 Å². The standard InChI is InChI=1S/C19H15ClN2O2/c20-17-9-5-4-6-14(17)10-11-19(23)21-13-16-12-18(24-22-16)15-7-2-1-3-8-15/h1-12H,13H2,(H,21,23). The summed E-state index contributed by atoms with van der Waals surface area (Å²) in [5, 5.41) is 7.33. The number of carbonyl (C=O) groups excluding carboxylic acids is 1. The molecule has 0 bridgehead atoms. The molecule has 2 aromatic carbocycles. The zero-order chi connectivity index (χ0) is 16.8. The Morgan fingerprint density at radius 3 is 2.67 bits per heavy atom. The highest BCUT2D eigenvalue weighted by Crippen LogP contribution is 2.19. The third kappa shape index (κ3) is 4.12. The zero-order valence-electron chi connectivity index (χ0n) is 12.8. The average Bonchev–Trinajstić information content (AvgIpc) is 3.09. The number of nitrogens with one attached hydrogen (secondary N) is 1. The van der Waals surface area contributed by atoms with Gasteiger partial charge in [-0.2, -0.15) is 0 Å². The van der Waals surface area contributed by atoms with Crippen LogP contribution >= 0.6 is 11.6 Å². The van der Waals surface area contributed by atoms with Gasteiger partial charge in [0, 0.05) is 22.7 Å². The van der Waals surface area contributed by atoms with Crippen molar-refractivity contribution in [3.63, 3.8) is 0 Å². The van der Waals surface area contributed by atoms with Gasteiger partial charge >= 0.3 is 0 Å². The van der Waals surface area contributed by atoms with Crippen LogP contribution in [0.4, 0.5) is 0 Å². The molecule has 3 aromatic rings. The fourth-order valence-corrected chi connectivity index (χ4v) is 2.34. The predicted molar refractivity (Wildman–Crippen MR) is 94.3 cm³/mol. The number of aromatic nitrogens is 1. The third-order valence-electron chi connectivity index (χ3n) is 3.38. The SMILES string of the molecule is O=C(C=Cc1ccccc1Cl)NCc1cc(-c2ccccc2)on1. The van der Waals surface area contributed by atoms with Crippen LogP contribution in [0.5, 0.6) is 0 Å². The largest absolute Gasteiger partial charge is 0.356 e. The molecule has 0 saturated heterocycles. The first-order valence-electron chi connectivity index (χ1n) is 7.44. The van der Waals surface area contributed by atoms with E-state index in [0.29, 0.717) is 23.0 Å². The maximum Gasteiger partial charge on any atom is 0.244 e. The number of rotatable bonds is 5. The highest BCUT2D eigenvalue weighted by atomic mass is 35.5. The summed E-state index contributed by atoms with van der Waals surface area (Å²) in [6.07, 6.45) is 3.12. The van der Waals surface area contributed by atoms with Crippen LogP contribution in [0, 0.1) is 0 Å². The lowest BCUT2D eigenvalue weighted by Crippen LogP contribution is -2.20. The predicted octanol–water partition coefficient (Wildman–Crippen LogP) is 4.32. The smallest absolute Gasteiger partial charge is 0.244 e. The Morgan fingerprint density at radius 2 is 1.88 bits per heavy atom. The Kier molecular flexibility index (Phi) is 5.08. The molecule has 0 unspecified atom stereocenters. The number of halogens is 1. The van der Waals surface area contributed by atoms with Crippen molar-refractivity contribution >= 4 is 23.6 Å². The van der Waals surface area contributed by atoms with Crippen molar-refractivity contribution in [3.8, 4) is 11.3 Å². The summed E-state index contributed by atoms with van der Waals surface area (Å²) in [6, 6.07) is 18.8. The molecule has 1 aromatic heterocycles. The minimum atomic E-state index is -0.223. The van der Waals surface area contributed by atoms with Gasteiger partial charge in [0.1, 0.15) is 5.69 Å². The van der Waals surface area contributed by atoms with Crippen molar-refractivity contribution in [3.05, 3.63) is 83.0 Å². The van der Waals surface area contributed by atoms with E-state index in [9.17, 15) is 4.79 Å². The molecule has 120 valence electrons. The molecule has 0 radical (unpaired) electrons. The number of benzene rings is 2. The Morgan fingerprint density at radius 1 is 1.12 bits per heavy atom. The quantitative estimate of drug-likeness (QED) is 0.705. The van der Waals surface area contributed by atoms with Crippen LogP contribution in [0.25, 0.3) is 17.4 Å². The molecule has 0 saturated carbocycles. The van der Waals surface area contributed by atoms with Gasteiger partial charge in [0.2, 0.25) is 5.91 Å². The summed E-state index contributed by atoms with van der Waals surface area (Å²) in [5.41, 5.74) is 2.40. The van der Waals surface area contributed by atoms with E-state index in [-0.39, 0.29) is 5.91 Å². The molecule has 5 heteroatoms. The van der Waals surface area contributed by atoms with E-state index in [0.717, 1.165) is 11.1 Å². The number of hydrogen-bond donors (Lipinski definition) is 1. The highest BCUT2D eigenvalue weighted by Gasteiger charge is 2.07. The first-order valence-corrected chi connectivity index (χ1v) is 7.81. The second kappa shape index (κ2) is 7.62. The molecule has 0 aliphatic carbocycles. The van der Waals surface area contributed by atoms with Crippen LogP contribution in [-0.4, -0.2) is 11.1 Å². The number of nitrogens with zero attached hydrogens (tertiary/aromatic N) is 1. The lowest BCUT2D eigenvalue weighted by Gasteiger charge is -1.99. The second-order valence-electron chi connectivity index (χ2n) is 5.12. The van der Waals surface area contributed by atoms with Gasteiger partial charge in [-0.15, -0.1) is 0 Å². The summed E-state index contributed by atoms with van der Waals surface area (Å²) in [5.74, 6) is 0.450. The van der Waals surface area contributed by atoms with E-state index in [1.165, 1.54) is 6.08 Å². The van der Waals surface area contributed by atoms with Gasteiger partial charge < -0.3 is 9.84 Å². The van der Waals surface area contributed by atoms with Crippen molar-refractivity contribution < 1.29 is 9.32 Å². The fraction of sp³-hybridized carbons (Fsp3) is 0.0526. The van der Waals surface area contributed by atoms with Crippen molar-refractivity contribution in [2.45, 2.75) is 6.54 Å². The lowest BCUT2D eigenvalue weighted by molar-refractivity contribution is -0.116. The molecule has 1 N–H and O–H groups in total. The van der Waals surface area contributed by atoms with Crippen LogP contribution in [-0.2, 0) is 11.3 Å². The second-order valence-corrected chi connectivity index (χ2v) is 5.53. The number of carbonyl (C=O) groups is 1. The van der Waals surface area contributed by atoms with Gasteiger partial charge in [0.05, 0.1) is 6.54 Å². The Labute approximate surface area is 144 Å². The Bertz CT molecular complexity index is 857. The van der Waals surface area contributed by atoms with Crippen LogP contribution in [0.3, 0.4) is 0 Å². The normalized spacial score (nSPS) is 10.9. The summed E-state index contributed by atoms with van der Waals surface area (Å²) >= 11 is 6.04. The number of amides is 1. The van der Waals surface area contributed by atoms with Crippen LogP contribution < -0.4 is 5.32 Å². The molecule has 0 aliphatic heterocycles. The topological polar surface area (TPSA) is 55.1 Å². The van der Waals surface area contributed by atoms with E-state index < -0.39 is 0 Å². The van der Waals surface area contributed by atoms with Gasteiger partial charge in [-0.1, -0.05) is 65.3 Å². The van der Waals surface area contributed by atoms with Gasteiger partial charge in [-0.05, 0) is 17.7 Å². The summed E-state index contributed by atoms with van der Waals surface area (Å²) in [7, 11) is 0. The van der Waals surface area contributed by atoms with Crippen molar-refractivity contribution in [1.82, 2.24) is 10.5 Å². The minimum absolute atomic E-state index is 0.223. The molecule has 1 amide bonds. The van der Waals surface area contributed by atoms with Crippen LogP contribution in [0.15, 0.2) is 71.3 Å². The van der Waals surface area contributed by atoms with Gasteiger partial charge in [-0.25, -0.2) is 0 Å². The first kappa shape index (κ1) is 16.0. The molecule has 3 rings (SSSR count). The number of hydrogen-bond acceptors (Lipinski definition) is 3. The molecule has 1 heterocycles. The zero-order valence-corrected chi connectivity index (χ0v) is 13.5. The van der Waals surface area contributed by atoms with Crippen molar-refractivity contribution in [1.29, 1.82) is 0 Å². The monoisotopic (exact) mass is 338 g/mol. The average molecular weight is 339 g/mol. The fourth-order valence-electron chi connectivity index (χ4n) is 2.15. The van der Waals surface area contributed by atoms with Gasteiger partial charge in [0.15, 0.2) is 5.76 Å². The first-order chi connectivity index (χ1) is 11.7. The molecule has 24 heavy (non-hydrogen) atoms. The Balaban J connectivity index is 1.57. The van der Waals surface area contributed by atoms with Crippen LogP contribution in [0.2, 0.25) is 5.02 Å². The molecule has 0 aliphatic rings. The van der Waals surface area contributed by atoms with E-state index in [2.05, 4.69) is 10.5 Å². The van der Waals surface area contributed by atoms with E-state index in [4.69, 9.17) is 16.1 Å². The minimum Gasteiger partial charge on any atom is -0.356 e. The van der Waals surface area contributed by atoms with Crippen molar-refractivity contribution in [2.24, 2.45) is 0 Å². The maximum atomic E-state index is 11.9. The summed E-state index contributed by atoms with van der Waals surface area (Å²) in [6.45, 7) is 0.294. The van der Waals surface area contributed by atoms with E-state index >= 15 is 0 Å². The molecule has 4 nitrogen and oxygen atoms in total. The third-order valence-corrected chi connectivity index (χ3v) is 3.72. The maximum absolute atomic E-state index is 11.9. The van der Waals surface area contributed by atoms with Gasteiger partial charge in [0.25, 0.3) is 0 Å². The Hall–Kier alpha value is -2.85.